The van der Waals surface area contributed by atoms with Crippen LogP contribution in [-0.2, 0) is 16.0 Å². The molecule has 0 amide bonds. The van der Waals surface area contributed by atoms with Crippen molar-refractivity contribution in [2.24, 2.45) is 5.92 Å². The number of carboxylic acid groups (broad SMARTS) is 1. The van der Waals surface area contributed by atoms with Crippen molar-refractivity contribution in [1.29, 1.82) is 5.26 Å². The van der Waals surface area contributed by atoms with Gasteiger partial charge in [0.05, 0.1) is 29.7 Å². The average Bonchev–Trinajstić information content (AvgIpc) is 2.94. The number of nitrogens with zero attached hydrogens (tertiary/aromatic N) is 1. The van der Waals surface area contributed by atoms with Crippen LogP contribution in [0.2, 0.25) is 0 Å². The van der Waals surface area contributed by atoms with Crippen LogP contribution in [0.15, 0.2) is 12.1 Å². The molecule has 1 aliphatic heterocycles. The summed E-state index contributed by atoms with van der Waals surface area (Å²) in [7, 11) is 0. The van der Waals surface area contributed by atoms with Crippen molar-refractivity contribution in [1.82, 2.24) is 4.98 Å². The van der Waals surface area contributed by atoms with Gasteiger partial charge >= 0.3 is 5.97 Å². The van der Waals surface area contributed by atoms with Crippen molar-refractivity contribution in [2.45, 2.75) is 39.2 Å². The van der Waals surface area contributed by atoms with Crippen LogP contribution >= 0.6 is 0 Å². The van der Waals surface area contributed by atoms with Crippen LogP contribution in [0.5, 0.6) is 0 Å². The van der Waals surface area contributed by atoms with Crippen LogP contribution in [0.1, 0.15) is 48.3 Å². The second-order valence-electron chi connectivity index (χ2n) is 6.08. The molecule has 0 fully saturated rings. The molecule has 2 heterocycles. The average molecular weight is 312 g/mol. The Morgan fingerprint density at radius 3 is 3.00 bits per heavy atom. The van der Waals surface area contributed by atoms with E-state index in [0.717, 1.165) is 34.1 Å². The topological polar surface area (TPSA) is 86.1 Å². The van der Waals surface area contributed by atoms with E-state index in [1.807, 2.05) is 26.0 Å². The Kier molecular flexibility index (Phi) is 4.10. The van der Waals surface area contributed by atoms with Gasteiger partial charge in [0.25, 0.3) is 0 Å². The minimum atomic E-state index is -0.833. The van der Waals surface area contributed by atoms with E-state index in [2.05, 4.69) is 11.1 Å². The highest BCUT2D eigenvalue weighted by atomic mass is 16.5. The molecule has 2 atom stereocenters. The number of benzene rings is 1. The summed E-state index contributed by atoms with van der Waals surface area (Å²) >= 11 is 0. The van der Waals surface area contributed by atoms with E-state index in [4.69, 9.17) is 4.74 Å². The SMILES string of the molecule is CCC[C@@H](C(=O)O)C1OCCc2c1[nH]c1c(C)ccc(C#N)c21. The van der Waals surface area contributed by atoms with Gasteiger partial charge in [-0.05, 0) is 37.0 Å². The fourth-order valence-electron chi connectivity index (χ4n) is 3.53. The zero-order valence-electron chi connectivity index (χ0n) is 13.3. The third-order valence-electron chi connectivity index (χ3n) is 4.64. The van der Waals surface area contributed by atoms with Crippen molar-refractivity contribution in [3.63, 3.8) is 0 Å². The largest absolute Gasteiger partial charge is 0.481 e. The molecule has 1 aromatic carbocycles. The first-order valence-corrected chi connectivity index (χ1v) is 7.97. The van der Waals surface area contributed by atoms with Gasteiger partial charge < -0.3 is 14.8 Å². The number of aryl methyl sites for hydroxylation is 1. The van der Waals surface area contributed by atoms with Gasteiger partial charge in [-0.2, -0.15) is 5.26 Å². The predicted octanol–water partition coefficient (Wildman–Crippen LogP) is 3.46. The fraction of sp³-hybridized carbons (Fsp3) is 0.444. The van der Waals surface area contributed by atoms with Crippen LogP contribution in [0.4, 0.5) is 0 Å². The van der Waals surface area contributed by atoms with Crippen LogP contribution in [-0.4, -0.2) is 22.7 Å². The Morgan fingerprint density at radius 1 is 1.57 bits per heavy atom. The number of H-pyrrole nitrogens is 1. The van der Waals surface area contributed by atoms with Gasteiger partial charge in [-0.1, -0.05) is 19.4 Å². The molecule has 0 saturated heterocycles. The minimum Gasteiger partial charge on any atom is -0.481 e. The standard InChI is InChI=1S/C18H20N2O3/c1-3-4-13(18(21)22)17-16-12(7-8-23-17)14-11(9-19)6-5-10(2)15(14)20-16/h5-6,13,17,20H,3-4,7-8H2,1-2H3,(H,21,22)/t13-,17?/m1/s1. The molecular weight excluding hydrogens is 292 g/mol. The van der Waals surface area contributed by atoms with E-state index in [-0.39, 0.29) is 0 Å². The number of carbonyl (C=O) groups is 1. The molecule has 0 aliphatic carbocycles. The molecule has 2 aromatic rings. The Bertz CT molecular complexity index is 801. The van der Waals surface area contributed by atoms with Crippen LogP contribution in [0.25, 0.3) is 10.9 Å². The van der Waals surface area contributed by atoms with Crippen molar-refractivity contribution in [3.05, 3.63) is 34.5 Å². The van der Waals surface area contributed by atoms with Gasteiger partial charge in [0, 0.05) is 11.1 Å². The Morgan fingerprint density at radius 2 is 2.35 bits per heavy atom. The number of fused-ring (bicyclic) bond motifs is 3. The Balaban J connectivity index is 2.20. The summed E-state index contributed by atoms with van der Waals surface area (Å²) in [5, 5.41) is 19.9. The molecule has 2 N–H and O–H groups in total. The first-order valence-electron chi connectivity index (χ1n) is 7.97. The summed E-state index contributed by atoms with van der Waals surface area (Å²) in [5.74, 6) is -1.40. The number of hydrogen-bond donors (Lipinski definition) is 2. The van der Waals surface area contributed by atoms with E-state index in [0.29, 0.717) is 25.0 Å². The van der Waals surface area contributed by atoms with Crippen LogP contribution in [0.3, 0.4) is 0 Å². The minimum absolute atomic E-state index is 0.477. The third kappa shape index (κ3) is 2.49. The molecule has 1 aliphatic rings. The van der Waals surface area contributed by atoms with Gasteiger partial charge in [-0.3, -0.25) is 4.79 Å². The summed E-state index contributed by atoms with van der Waals surface area (Å²) < 4.78 is 5.83. The van der Waals surface area contributed by atoms with Gasteiger partial charge in [-0.25, -0.2) is 0 Å². The molecule has 0 bridgehead atoms. The molecule has 5 nitrogen and oxygen atoms in total. The molecule has 0 saturated carbocycles. The predicted molar refractivity (Wildman–Crippen MR) is 86.2 cm³/mol. The first kappa shape index (κ1) is 15.6. The maximum atomic E-state index is 11.7. The number of ether oxygens (including phenoxy) is 1. The van der Waals surface area contributed by atoms with E-state index >= 15 is 0 Å². The van der Waals surface area contributed by atoms with E-state index in [1.54, 1.807) is 0 Å². The lowest BCUT2D eigenvalue weighted by Crippen LogP contribution is -2.28. The molecule has 3 rings (SSSR count). The summed E-state index contributed by atoms with van der Waals surface area (Å²) in [6, 6.07) is 5.99. The number of aromatic amines is 1. The number of hydrogen-bond acceptors (Lipinski definition) is 3. The van der Waals surface area contributed by atoms with Crippen molar-refractivity contribution < 1.29 is 14.6 Å². The quantitative estimate of drug-likeness (QED) is 0.905. The summed E-state index contributed by atoms with van der Waals surface area (Å²) in [4.78, 5) is 15.0. The van der Waals surface area contributed by atoms with E-state index < -0.39 is 18.0 Å². The summed E-state index contributed by atoms with van der Waals surface area (Å²) in [5.41, 5.74) is 4.47. The second-order valence-corrected chi connectivity index (χ2v) is 6.08. The first-order chi connectivity index (χ1) is 11.1. The number of nitrogens with one attached hydrogen (secondary N) is 1. The molecular formula is C18H20N2O3. The number of aromatic nitrogens is 1. The van der Waals surface area contributed by atoms with Gasteiger partial charge in [0.15, 0.2) is 0 Å². The summed E-state index contributed by atoms with van der Waals surface area (Å²) in [6.07, 6.45) is 1.57. The number of nitriles is 1. The molecule has 5 heteroatoms. The number of carboxylic acids is 1. The second kappa shape index (κ2) is 6.05. The lowest BCUT2D eigenvalue weighted by Gasteiger charge is -2.28. The van der Waals surface area contributed by atoms with Crippen LogP contribution in [0, 0.1) is 24.2 Å². The highest BCUT2D eigenvalue weighted by Gasteiger charge is 2.35. The monoisotopic (exact) mass is 312 g/mol. The van der Waals surface area contributed by atoms with Gasteiger partial charge in [0.2, 0.25) is 0 Å². The maximum Gasteiger partial charge on any atom is 0.309 e. The molecule has 1 aromatic heterocycles. The third-order valence-corrected chi connectivity index (χ3v) is 4.64. The van der Waals surface area contributed by atoms with E-state index in [1.165, 1.54) is 0 Å². The number of rotatable bonds is 4. The fourth-order valence-corrected chi connectivity index (χ4v) is 3.53. The lowest BCUT2D eigenvalue weighted by molar-refractivity contribution is -0.149. The zero-order chi connectivity index (χ0) is 16.6. The van der Waals surface area contributed by atoms with Gasteiger partial charge in [-0.15, -0.1) is 0 Å². The van der Waals surface area contributed by atoms with Gasteiger partial charge in [0.1, 0.15) is 6.10 Å². The summed E-state index contributed by atoms with van der Waals surface area (Å²) in [6.45, 7) is 4.45. The smallest absolute Gasteiger partial charge is 0.309 e. The zero-order valence-corrected chi connectivity index (χ0v) is 13.3. The lowest BCUT2D eigenvalue weighted by atomic mass is 9.89. The maximum absolute atomic E-state index is 11.7. The van der Waals surface area contributed by atoms with E-state index in [9.17, 15) is 15.2 Å². The number of aliphatic carboxylic acids is 1. The molecule has 23 heavy (non-hydrogen) atoms. The van der Waals surface area contributed by atoms with Crippen molar-refractivity contribution in [2.75, 3.05) is 6.61 Å². The normalized spacial score (nSPS) is 18.4. The highest BCUT2D eigenvalue weighted by Crippen LogP contribution is 2.40. The Hall–Kier alpha value is -2.32. The van der Waals surface area contributed by atoms with Crippen LogP contribution < -0.4 is 0 Å². The highest BCUT2D eigenvalue weighted by molar-refractivity contribution is 5.92. The molecule has 1 unspecified atom stereocenters. The molecule has 0 radical (unpaired) electrons. The van der Waals surface area contributed by atoms with Crippen molar-refractivity contribution in [3.8, 4) is 6.07 Å². The molecule has 0 spiro atoms. The Labute approximate surface area is 134 Å². The molecule has 120 valence electrons. The van der Waals surface area contributed by atoms with Crippen molar-refractivity contribution >= 4 is 16.9 Å².